The number of alkyl halides is 1. The molecule has 1 amide bonds. The standard InChI is InChI=1S/C13H17BrFNO3/c1-16(7-9(14)8-18-2)13(17)12-10(15)5-4-6-11(12)19-3/h4-6,9H,7-8H2,1-3H3. The van der Waals surface area contributed by atoms with E-state index in [1.807, 2.05) is 0 Å². The Morgan fingerprint density at radius 3 is 2.74 bits per heavy atom. The van der Waals surface area contributed by atoms with Crippen molar-refractivity contribution in [1.82, 2.24) is 4.90 Å². The normalized spacial score (nSPS) is 12.1. The Morgan fingerprint density at radius 2 is 2.16 bits per heavy atom. The van der Waals surface area contributed by atoms with Crippen molar-refractivity contribution in [3.63, 3.8) is 0 Å². The first-order chi connectivity index (χ1) is 9.01. The van der Waals surface area contributed by atoms with E-state index in [0.29, 0.717) is 13.2 Å². The summed E-state index contributed by atoms with van der Waals surface area (Å²) in [4.78, 5) is 13.6. The van der Waals surface area contributed by atoms with Gasteiger partial charge in [0.05, 0.1) is 18.5 Å². The highest BCUT2D eigenvalue weighted by Gasteiger charge is 2.22. The highest BCUT2D eigenvalue weighted by molar-refractivity contribution is 9.09. The molecule has 1 rings (SSSR count). The van der Waals surface area contributed by atoms with Crippen molar-refractivity contribution >= 4 is 21.8 Å². The fourth-order valence-corrected chi connectivity index (χ4v) is 2.39. The minimum Gasteiger partial charge on any atom is -0.496 e. The van der Waals surface area contributed by atoms with E-state index in [1.165, 1.54) is 24.1 Å². The second kappa shape index (κ2) is 7.45. The molecule has 19 heavy (non-hydrogen) atoms. The average Bonchev–Trinajstić information content (AvgIpc) is 2.37. The number of nitrogens with zero attached hydrogens (tertiary/aromatic N) is 1. The Labute approximate surface area is 120 Å². The highest BCUT2D eigenvalue weighted by atomic mass is 79.9. The van der Waals surface area contributed by atoms with E-state index in [0.717, 1.165) is 0 Å². The Morgan fingerprint density at radius 1 is 1.47 bits per heavy atom. The predicted octanol–water partition coefficient (Wildman–Crippen LogP) is 2.32. The highest BCUT2D eigenvalue weighted by Crippen LogP contribution is 2.22. The van der Waals surface area contributed by atoms with E-state index in [9.17, 15) is 9.18 Å². The van der Waals surface area contributed by atoms with Gasteiger partial charge in [-0.3, -0.25) is 4.79 Å². The van der Waals surface area contributed by atoms with Gasteiger partial charge < -0.3 is 14.4 Å². The minimum absolute atomic E-state index is 0.00998. The lowest BCUT2D eigenvalue weighted by Gasteiger charge is -2.21. The molecule has 0 saturated heterocycles. The van der Waals surface area contributed by atoms with E-state index >= 15 is 0 Å². The lowest BCUT2D eigenvalue weighted by Crippen LogP contribution is -2.34. The van der Waals surface area contributed by atoms with E-state index in [4.69, 9.17) is 9.47 Å². The smallest absolute Gasteiger partial charge is 0.260 e. The second-order valence-corrected chi connectivity index (χ2v) is 5.35. The molecule has 0 aliphatic rings. The van der Waals surface area contributed by atoms with Gasteiger partial charge in [-0.25, -0.2) is 4.39 Å². The lowest BCUT2D eigenvalue weighted by molar-refractivity contribution is 0.0776. The number of rotatable bonds is 6. The van der Waals surface area contributed by atoms with E-state index in [1.54, 1.807) is 20.2 Å². The molecule has 4 nitrogen and oxygen atoms in total. The molecule has 1 aromatic carbocycles. The largest absolute Gasteiger partial charge is 0.496 e. The minimum atomic E-state index is -0.589. The molecular formula is C13H17BrFNO3. The summed E-state index contributed by atoms with van der Waals surface area (Å²) in [6.45, 7) is 0.871. The van der Waals surface area contributed by atoms with Gasteiger partial charge in [-0.15, -0.1) is 0 Å². The van der Waals surface area contributed by atoms with Gasteiger partial charge in [0.25, 0.3) is 5.91 Å². The van der Waals surface area contributed by atoms with Gasteiger partial charge in [-0.05, 0) is 12.1 Å². The van der Waals surface area contributed by atoms with Crippen LogP contribution in [-0.4, -0.2) is 50.1 Å². The first-order valence-corrected chi connectivity index (χ1v) is 6.63. The Balaban J connectivity index is 2.88. The van der Waals surface area contributed by atoms with Gasteiger partial charge in [0.15, 0.2) is 0 Å². The number of carbonyl (C=O) groups is 1. The number of hydrogen-bond acceptors (Lipinski definition) is 3. The molecule has 1 aromatic rings. The van der Waals surface area contributed by atoms with Gasteiger partial charge in [0.2, 0.25) is 0 Å². The zero-order valence-electron chi connectivity index (χ0n) is 11.2. The maximum atomic E-state index is 13.8. The third-order valence-electron chi connectivity index (χ3n) is 2.58. The molecule has 106 valence electrons. The fourth-order valence-electron chi connectivity index (χ4n) is 1.69. The Bertz CT molecular complexity index is 442. The number of ether oxygens (including phenoxy) is 2. The zero-order valence-corrected chi connectivity index (χ0v) is 12.7. The Hall–Kier alpha value is -1.14. The van der Waals surface area contributed by atoms with Gasteiger partial charge in [0, 0.05) is 20.7 Å². The SMILES string of the molecule is COCC(Br)CN(C)C(=O)c1c(F)cccc1OC. The molecule has 0 radical (unpaired) electrons. The van der Waals surface area contributed by atoms with E-state index < -0.39 is 11.7 Å². The van der Waals surface area contributed by atoms with Crippen LogP contribution in [0.15, 0.2) is 18.2 Å². The fraction of sp³-hybridized carbons (Fsp3) is 0.462. The monoisotopic (exact) mass is 333 g/mol. The van der Waals surface area contributed by atoms with E-state index in [-0.39, 0.29) is 16.1 Å². The van der Waals surface area contributed by atoms with Crippen LogP contribution in [0.4, 0.5) is 4.39 Å². The maximum Gasteiger partial charge on any atom is 0.260 e. The molecule has 1 unspecified atom stereocenters. The van der Waals surface area contributed by atoms with E-state index in [2.05, 4.69) is 15.9 Å². The lowest BCUT2D eigenvalue weighted by atomic mass is 10.1. The molecule has 0 saturated carbocycles. The summed E-state index contributed by atoms with van der Waals surface area (Å²) in [5.74, 6) is -0.778. The molecule has 1 atom stereocenters. The van der Waals surface area contributed by atoms with Crippen LogP contribution in [0.1, 0.15) is 10.4 Å². The molecular weight excluding hydrogens is 317 g/mol. The summed E-state index contributed by atoms with van der Waals surface area (Å²) in [6, 6.07) is 4.30. The summed E-state index contributed by atoms with van der Waals surface area (Å²) in [5, 5.41) is 0. The van der Waals surface area contributed by atoms with Crippen LogP contribution in [0, 0.1) is 5.82 Å². The van der Waals surface area contributed by atoms with Gasteiger partial charge in [0.1, 0.15) is 17.1 Å². The van der Waals surface area contributed by atoms with Gasteiger partial charge in [-0.2, -0.15) is 0 Å². The molecule has 0 heterocycles. The zero-order chi connectivity index (χ0) is 14.4. The molecule has 0 bridgehead atoms. The third-order valence-corrected chi connectivity index (χ3v) is 3.13. The predicted molar refractivity (Wildman–Crippen MR) is 74.5 cm³/mol. The van der Waals surface area contributed by atoms with Crippen LogP contribution in [0.25, 0.3) is 0 Å². The van der Waals surface area contributed by atoms with Crippen molar-refractivity contribution in [2.75, 3.05) is 34.4 Å². The summed E-state index contributed by atoms with van der Waals surface area (Å²) in [7, 11) is 4.60. The molecule has 6 heteroatoms. The molecule has 0 spiro atoms. The van der Waals surface area contributed by atoms with Crippen molar-refractivity contribution in [2.24, 2.45) is 0 Å². The molecule has 0 aliphatic carbocycles. The quantitative estimate of drug-likeness (QED) is 0.750. The van der Waals surface area contributed by atoms with Crippen molar-refractivity contribution < 1.29 is 18.7 Å². The van der Waals surface area contributed by atoms with Crippen LogP contribution >= 0.6 is 15.9 Å². The summed E-state index contributed by atoms with van der Waals surface area (Å²) >= 11 is 3.39. The molecule has 0 N–H and O–H groups in total. The maximum absolute atomic E-state index is 13.8. The summed E-state index contributed by atoms with van der Waals surface area (Å²) < 4.78 is 23.8. The number of methoxy groups -OCH3 is 2. The van der Waals surface area contributed by atoms with Crippen LogP contribution in [0.2, 0.25) is 0 Å². The Kier molecular flexibility index (Phi) is 6.24. The van der Waals surface area contributed by atoms with Crippen LogP contribution < -0.4 is 4.74 Å². The van der Waals surface area contributed by atoms with Gasteiger partial charge in [-0.1, -0.05) is 22.0 Å². The summed E-state index contributed by atoms with van der Waals surface area (Å²) in [6.07, 6.45) is 0. The average molecular weight is 334 g/mol. The number of carbonyl (C=O) groups excluding carboxylic acids is 1. The number of hydrogen-bond donors (Lipinski definition) is 0. The first kappa shape index (κ1) is 15.9. The molecule has 0 aromatic heterocycles. The number of amides is 1. The van der Waals surface area contributed by atoms with Crippen LogP contribution in [0.3, 0.4) is 0 Å². The van der Waals surface area contributed by atoms with Crippen molar-refractivity contribution in [3.8, 4) is 5.75 Å². The molecule has 0 fully saturated rings. The topological polar surface area (TPSA) is 38.8 Å². The second-order valence-electron chi connectivity index (χ2n) is 4.06. The van der Waals surface area contributed by atoms with Crippen molar-refractivity contribution in [1.29, 1.82) is 0 Å². The number of halogens is 2. The molecule has 0 aliphatic heterocycles. The summed E-state index contributed by atoms with van der Waals surface area (Å²) in [5.41, 5.74) is -0.0513. The van der Waals surface area contributed by atoms with Crippen LogP contribution in [0.5, 0.6) is 5.75 Å². The number of benzene rings is 1. The van der Waals surface area contributed by atoms with Crippen molar-refractivity contribution in [2.45, 2.75) is 4.83 Å². The van der Waals surface area contributed by atoms with Crippen LogP contribution in [-0.2, 0) is 4.74 Å². The first-order valence-electron chi connectivity index (χ1n) is 5.72. The third kappa shape index (κ3) is 4.18. The van der Waals surface area contributed by atoms with Crippen molar-refractivity contribution in [3.05, 3.63) is 29.6 Å². The van der Waals surface area contributed by atoms with Gasteiger partial charge >= 0.3 is 0 Å².